The average molecular weight is 214 g/mol. The van der Waals surface area contributed by atoms with Crippen LogP contribution in [0, 0.1) is 11.6 Å². The fourth-order valence-electron chi connectivity index (χ4n) is 1.29. The Morgan fingerprint density at radius 3 is 2.73 bits per heavy atom. The van der Waals surface area contributed by atoms with Crippen LogP contribution in [0.25, 0.3) is 0 Å². The highest BCUT2D eigenvalue weighted by atomic mass is 19.1. The fraction of sp³-hybridized carbons (Fsp3) is 0.500. The maximum absolute atomic E-state index is 13.1. The Bertz CT molecular complexity index is 300. The molecule has 1 nitrogen and oxygen atoms in total. The van der Waals surface area contributed by atoms with E-state index in [2.05, 4.69) is 6.92 Å². The number of hydrogen-bond donors (Lipinski definition) is 0. The van der Waals surface area contributed by atoms with Crippen LogP contribution in [0.3, 0.4) is 0 Å². The van der Waals surface area contributed by atoms with E-state index in [4.69, 9.17) is 4.74 Å². The minimum atomic E-state index is -0.427. The first kappa shape index (κ1) is 12.1. The van der Waals surface area contributed by atoms with E-state index in [-0.39, 0.29) is 12.2 Å². The van der Waals surface area contributed by atoms with Crippen LogP contribution in [0.4, 0.5) is 8.78 Å². The molecular formula is C12H16F2O. The Morgan fingerprint density at radius 2 is 2.00 bits per heavy atom. The molecule has 0 aliphatic heterocycles. The highest BCUT2D eigenvalue weighted by Crippen LogP contribution is 2.11. The van der Waals surface area contributed by atoms with Gasteiger partial charge in [0.15, 0.2) is 0 Å². The lowest BCUT2D eigenvalue weighted by Crippen LogP contribution is -1.98. The zero-order valence-electron chi connectivity index (χ0n) is 8.93. The minimum Gasteiger partial charge on any atom is -0.377 e. The lowest BCUT2D eigenvalue weighted by atomic mass is 10.2. The van der Waals surface area contributed by atoms with Crippen molar-refractivity contribution in [2.75, 3.05) is 6.61 Å². The third kappa shape index (κ3) is 4.38. The highest BCUT2D eigenvalue weighted by molar-refractivity contribution is 5.17. The Balaban J connectivity index is 2.33. The number of benzene rings is 1. The quantitative estimate of drug-likeness (QED) is 0.656. The molecular weight excluding hydrogens is 198 g/mol. The lowest BCUT2D eigenvalue weighted by molar-refractivity contribution is 0.114. The van der Waals surface area contributed by atoms with E-state index < -0.39 is 11.6 Å². The van der Waals surface area contributed by atoms with E-state index in [1.54, 1.807) is 0 Å². The summed E-state index contributed by atoms with van der Waals surface area (Å²) in [6.07, 6.45) is 3.19. The Kier molecular flexibility index (Phi) is 5.26. The summed E-state index contributed by atoms with van der Waals surface area (Å²) in [5.74, 6) is -0.838. The number of halogens is 2. The summed E-state index contributed by atoms with van der Waals surface area (Å²) < 4.78 is 31.1. The molecule has 0 amide bonds. The summed E-state index contributed by atoms with van der Waals surface area (Å²) in [4.78, 5) is 0. The topological polar surface area (TPSA) is 9.23 Å². The van der Waals surface area contributed by atoms with Crippen molar-refractivity contribution in [3.8, 4) is 0 Å². The molecule has 0 saturated carbocycles. The van der Waals surface area contributed by atoms with Gasteiger partial charge < -0.3 is 4.74 Å². The zero-order chi connectivity index (χ0) is 11.1. The van der Waals surface area contributed by atoms with Crippen LogP contribution in [0.2, 0.25) is 0 Å². The van der Waals surface area contributed by atoms with Gasteiger partial charge in [-0.15, -0.1) is 0 Å². The monoisotopic (exact) mass is 214 g/mol. The summed E-state index contributed by atoms with van der Waals surface area (Å²) in [5.41, 5.74) is 0.284. The molecule has 0 aliphatic rings. The van der Waals surface area contributed by atoms with Gasteiger partial charge in [0.25, 0.3) is 0 Å². The Labute approximate surface area is 89.1 Å². The zero-order valence-corrected chi connectivity index (χ0v) is 8.93. The summed E-state index contributed by atoms with van der Waals surface area (Å²) in [6, 6.07) is 3.41. The van der Waals surface area contributed by atoms with Crippen LogP contribution in [0.5, 0.6) is 0 Å². The van der Waals surface area contributed by atoms with Crippen LogP contribution in [-0.2, 0) is 11.3 Å². The molecule has 3 heteroatoms. The first-order valence-electron chi connectivity index (χ1n) is 5.25. The van der Waals surface area contributed by atoms with Crippen molar-refractivity contribution in [2.24, 2.45) is 0 Å². The molecule has 84 valence electrons. The average Bonchev–Trinajstić information content (AvgIpc) is 2.23. The summed E-state index contributed by atoms with van der Waals surface area (Å²) >= 11 is 0. The van der Waals surface area contributed by atoms with Gasteiger partial charge in [-0.05, 0) is 24.6 Å². The van der Waals surface area contributed by atoms with E-state index in [1.165, 1.54) is 6.07 Å². The third-order valence-electron chi connectivity index (χ3n) is 2.16. The van der Waals surface area contributed by atoms with E-state index in [9.17, 15) is 8.78 Å². The van der Waals surface area contributed by atoms with Gasteiger partial charge >= 0.3 is 0 Å². The standard InChI is InChI=1S/C12H16F2O/c1-2-3-4-7-15-9-10-8-11(13)5-6-12(10)14/h5-6,8H,2-4,7,9H2,1H3. The molecule has 0 spiro atoms. The smallest absolute Gasteiger partial charge is 0.128 e. The molecule has 0 aromatic heterocycles. The molecule has 0 atom stereocenters. The first-order valence-corrected chi connectivity index (χ1v) is 5.25. The minimum absolute atomic E-state index is 0.146. The first-order chi connectivity index (χ1) is 7.24. The van der Waals surface area contributed by atoms with Gasteiger partial charge in [0.05, 0.1) is 6.61 Å². The number of unbranched alkanes of at least 4 members (excludes halogenated alkanes) is 2. The van der Waals surface area contributed by atoms with Crippen molar-refractivity contribution >= 4 is 0 Å². The van der Waals surface area contributed by atoms with E-state index >= 15 is 0 Å². The van der Waals surface area contributed by atoms with Crippen molar-refractivity contribution in [3.63, 3.8) is 0 Å². The van der Waals surface area contributed by atoms with Gasteiger partial charge in [-0.1, -0.05) is 19.8 Å². The van der Waals surface area contributed by atoms with Crippen molar-refractivity contribution in [2.45, 2.75) is 32.8 Å². The van der Waals surface area contributed by atoms with Crippen LogP contribution in [0.1, 0.15) is 31.7 Å². The summed E-state index contributed by atoms with van der Waals surface area (Å²) in [6.45, 7) is 2.85. The molecule has 1 rings (SSSR count). The molecule has 0 fully saturated rings. The van der Waals surface area contributed by atoms with E-state index in [1.807, 2.05) is 0 Å². The fourth-order valence-corrected chi connectivity index (χ4v) is 1.29. The SMILES string of the molecule is CCCCCOCc1cc(F)ccc1F. The molecule has 0 bridgehead atoms. The predicted molar refractivity (Wildman–Crippen MR) is 55.5 cm³/mol. The second-order valence-electron chi connectivity index (χ2n) is 3.50. The Hall–Kier alpha value is -0.960. The van der Waals surface area contributed by atoms with Crippen LogP contribution in [0.15, 0.2) is 18.2 Å². The van der Waals surface area contributed by atoms with Crippen LogP contribution < -0.4 is 0 Å². The Morgan fingerprint density at radius 1 is 1.20 bits per heavy atom. The van der Waals surface area contributed by atoms with Gasteiger partial charge in [-0.3, -0.25) is 0 Å². The maximum atomic E-state index is 13.1. The van der Waals surface area contributed by atoms with Crippen LogP contribution >= 0.6 is 0 Å². The van der Waals surface area contributed by atoms with Crippen molar-refractivity contribution in [1.82, 2.24) is 0 Å². The van der Waals surface area contributed by atoms with Gasteiger partial charge in [-0.25, -0.2) is 8.78 Å². The maximum Gasteiger partial charge on any atom is 0.128 e. The number of rotatable bonds is 6. The molecule has 0 unspecified atom stereocenters. The normalized spacial score (nSPS) is 10.6. The molecule has 0 radical (unpaired) electrons. The largest absolute Gasteiger partial charge is 0.377 e. The van der Waals surface area contributed by atoms with Crippen molar-refractivity contribution < 1.29 is 13.5 Å². The highest BCUT2D eigenvalue weighted by Gasteiger charge is 2.03. The van der Waals surface area contributed by atoms with Gasteiger partial charge in [-0.2, -0.15) is 0 Å². The van der Waals surface area contributed by atoms with Gasteiger partial charge in [0, 0.05) is 12.2 Å². The summed E-state index contributed by atoms with van der Waals surface area (Å²) in [5, 5.41) is 0. The molecule has 1 aromatic carbocycles. The third-order valence-corrected chi connectivity index (χ3v) is 2.16. The molecule has 1 aromatic rings. The van der Waals surface area contributed by atoms with E-state index in [0.717, 1.165) is 31.4 Å². The summed E-state index contributed by atoms with van der Waals surface area (Å²) in [7, 11) is 0. The van der Waals surface area contributed by atoms with E-state index in [0.29, 0.717) is 6.61 Å². The lowest BCUT2D eigenvalue weighted by Gasteiger charge is -2.05. The molecule has 15 heavy (non-hydrogen) atoms. The van der Waals surface area contributed by atoms with Crippen molar-refractivity contribution in [1.29, 1.82) is 0 Å². The van der Waals surface area contributed by atoms with Gasteiger partial charge in [0.1, 0.15) is 11.6 Å². The number of ether oxygens (including phenoxy) is 1. The van der Waals surface area contributed by atoms with Crippen LogP contribution in [-0.4, -0.2) is 6.61 Å². The molecule has 0 saturated heterocycles. The molecule has 0 aliphatic carbocycles. The van der Waals surface area contributed by atoms with Gasteiger partial charge in [0.2, 0.25) is 0 Å². The van der Waals surface area contributed by atoms with Crippen molar-refractivity contribution in [3.05, 3.63) is 35.4 Å². The molecule has 0 N–H and O–H groups in total. The number of hydrogen-bond acceptors (Lipinski definition) is 1. The second kappa shape index (κ2) is 6.51. The predicted octanol–water partition coefficient (Wildman–Crippen LogP) is 3.67. The second-order valence-corrected chi connectivity index (χ2v) is 3.50. The molecule has 0 heterocycles.